The summed E-state index contributed by atoms with van der Waals surface area (Å²) in [5.41, 5.74) is 0. The van der Waals surface area contributed by atoms with E-state index in [1.807, 2.05) is 0 Å². The van der Waals surface area contributed by atoms with Crippen molar-refractivity contribution in [3.05, 3.63) is 6.43 Å². The molecule has 0 amide bonds. The quantitative estimate of drug-likeness (QED) is 0.432. The van der Waals surface area contributed by atoms with Crippen molar-refractivity contribution < 1.29 is 65.9 Å². The Morgan fingerprint density at radius 2 is 0.960 bits per heavy atom. The lowest BCUT2D eigenvalue weighted by Gasteiger charge is -2.41. The van der Waals surface area contributed by atoms with Crippen LogP contribution in [0.1, 0.15) is 13.3 Å². The lowest BCUT2D eigenvalue weighted by molar-refractivity contribution is -0.430. The van der Waals surface area contributed by atoms with Gasteiger partial charge in [-0.2, -0.15) is 61.5 Å². The van der Waals surface area contributed by atoms with Gasteiger partial charge in [-0.3, -0.25) is 0 Å². The van der Waals surface area contributed by atoms with Gasteiger partial charge in [-0.05, 0) is 6.42 Å². The lowest BCUT2D eigenvalue weighted by Crippen LogP contribution is -2.72. The maximum Gasteiger partial charge on any atom is 0.385 e. The van der Waals surface area contributed by atoms with Crippen LogP contribution in [0.5, 0.6) is 0 Å². The van der Waals surface area contributed by atoms with Gasteiger partial charge in [-0.1, -0.05) is 6.92 Å². The molecule has 0 rings (SSSR count). The molecule has 25 heavy (non-hydrogen) atoms. The molecule has 0 aliphatic heterocycles. The molecule has 0 saturated carbocycles. The van der Waals surface area contributed by atoms with Gasteiger partial charge >= 0.3 is 42.0 Å². The average molecular weight is 411 g/mol. The van der Waals surface area contributed by atoms with Crippen molar-refractivity contribution in [1.29, 1.82) is 0 Å². The summed E-state index contributed by atoms with van der Waals surface area (Å²) in [6, 6.07) is 0. The van der Waals surface area contributed by atoms with Crippen LogP contribution >= 0.6 is 0 Å². The zero-order valence-electron chi connectivity index (χ0n) is 11.5. The third-order valence-corrected chi connectivity index (χ3v) is 2.99. The molecule has 151 valence electrons. The summed E-state index contributed by atoms with van der Waals surface area (Å²) in [5, 5.41) is 0. The topological polar surface area (TPSA) is 0 Å². The minimum atomic E-state index is -8.13. The van der Waals surface area contributed by atoms with Crippen molar-refractivity contribution in [1.82, 2.24) is 0 Å². The summed E-state index contributed by atoms with van der Waals surface area (Å²) >= 11 is 0. The number of hydrogen-bond acceptors (Lipinski definition) is 0. The SMILES string of the molecule is CCC(F)C(F)(F)C(F)(F)C(F)(F)C(F)(F)C(F)(F)C(F)(F)[C](F)F. The Kier molecular flexibility index (Phi) is 6.02. The average Bonchev–Trinajstić information content (AvgIpc) is 2.44. The fraction of sp³-hybridized carbons (Fsp3) is 0.900. The van der Waals surface area contributed by atoms with E-state index < -0.39 is 54.6 Å². The molecule has 0 aromatic carbocycles. The van der Waals surface area contributed by atoms with E-state index in [-0.39, 0.29) is 0 Å². The van der Waals surface area contributed by atoms with E-state index in [2.05, 4.69) is 0 Å². The molecule has 1 atom stereocenters. The third kappa shape index (κ3) is 3.00. The molecule has 15 heteroatoms. The van der Waals surface area contributed by atoms with Gasteiger partial charge in [0.2, 0.25) is 0 Å². The van der Waals surface area contributed by atoms with Crippen molar-refractivity contribution in [2.45, 2.75) is 55.1 Å². The third-order valence-electron chi connectivity index (χ3n) is 2.99. The zero-order chi connectivity index (χ0) is 20.9. The number of hydrogen-bond donors (Lipinski definition) is 0. The van der Waals surface area contributed by atoms with Gasteiger partial charge in [-0.15, -0.1) is 0 Å². The molecular weight excluding hydrogens is 405 g/mol. The summed E-state index contributed by atoms with van der Waals surface area (Å²) in [6.07, 6.45) is -10.8. The second-order valence-corrected chi connectivity index (χ2v) is 4.63. The zero-order valence-corrected chi connectivity index (χ0v) is 11.5. The fourth-order valence-electron chi connectivity index (χ4n) is 1.37. The van der Waals surface area contributed by atoms with Crippen LogP contribution in [0.4, 0.5) is 65.9 Å². The van der Waals surface area contributed by atoms with Gasteiger partial charge in [0.05, 0.1) is 0 Å². The Labute approximate surface area is 129 Å². The summed E-state index contributed by atoms with van der Waals surface area (Å²) in [7, 11) is 0. The predicted molar refractivity (Wildman–Crippen MR) is 50.3 cm³/mol. The maximum absolute atomic E-state index is 13.0. The Balaban J connectivity index is 6.39. The van der Waals surface area contributed by atoms with Gasteiger partial charge in [0.25, 0.3) is 0 Å². The minimum absolute atomic E-state index is 0.348. The molecule has 0 nitrogen and oxygen atoms in total. The van der Waals surface area contributed by atoms with Crippen LogP contribution in [0.25, 0.3) is 0 Å². The molecule has 0 aromatic rings. The minimum Gasteiger partial charge on any atom is -0.241 e. The highest BCUT2D eigenvalue weighted by molar-refractivity contribution is 5.15. The first-order valence-electron chi connectivity index (χ1n) is 5.77. The molecule has 1 unspecified atom stereocenters. The van der Waals surface area contributed by atoms with E-state index in [0.29, 0.717) is 6.92 Å². The van der Waals surface area contributed by atoms with Crippen LogP contribution in [-0.4, -0.2) is 41.7 Å². The first-order valence-corrected chi connectivity index (χ1v) is 5.77. The molecule has 1 radical (unpaired) electrons. The molecule has 0 aromatic heterocycles. The van der Waals surface area contributed by atoms with Crippen molar-refractivity contribution in [3.8, 4) is 0 Å². The summed E-state index contributed by atoms with van der Waals surface area (Å²) in [5.74, 6) is -45.9. The monoisotopic (exact) mass is 411 g/mol. The highest BCUT2D eigenvalue weighted by Crippen LogP contribution is 2.62. The van der Waals surface area contributed by atoms with Gasteiger partial charge < -0.3 is 0 Å². The second kappa shape index (κ2) is 6.28. The normalized spacial score (nSPS) is 17.2. The van der Waals surface area contributed by atoms with Crippen LogP contribution in [-0.2, 0) is 0 Å². The molecule has 0 N–H and O–H groups in total. The summed E-state index contributed by atoms with van der Waals surface area (Å²) in [4.78, 5) is 0. The first-order chi connectivity index (χ1) is 10.7. The molecule has 0 heterocycles. The highest BCUT2D eigenvalue weighted by atomic mass is 19.4. The van der Waals surface area contributed by atoms with Crippen LogP contribution < -0.4 is 0 Å². The lowest BCUT2D eigenvalue weighted by atomic mass is 9.89. The molecule has 0 fully saturated rings. The molecule has 0 bridgehead atoms. The van der Waals surface area contributed by atoms with Gasteiger partial charge in [-0.25, -0.2) is 4.39 Å². The Hall–Kier alpha value is -1.05. The van der Waals surface area contributed by atoms with Crippen molar-refractivity contribution >= 4 is 0 Å². The van der Waals surface area contributed by atoms with Crippen LogP contribution in [0.2, 0.25) is 0 Å². The second-order valence-electron chi connectivity index (χ2n) is 4.63. The van der Waals surface area contributed by atoms with E-state index in [9.17, 15) is 65.9 Å². The van der Waals surface area contributed by atoms with E-state index in [1.54, 1.807) is 0 Å². The van der Waals surface area contributed by atoms with Gasteiger partial charge in [0, 0.05) is 0 Å². The molecule has 0 aliphatic carbocycles. The highest BCUT2D eigenvalue weighted by Gasteiger charge is 2.92. The van der Waals surface area contributed by atoms with Crippen molar-refractivity contribution in [2.24, 2.45) is 0 Å². The summed E-state index contributed by atoms with van der Waals surface area (Å²) in [6.45, 7) is 0.348. The Morgan fingerprint density at radius 1 is 0.640 bits per heavy atom. The molecular formula is C10H6F15. The summed E-state index contributed by atoms with van der Waals surface area (Å²) < 4.78 is 190. The standard InChI is InChI=1S/C10H6F15/c1-2-3(11)5(14,15)7(18,19)9(22,23)10(24,25)8(20,21)6(16,17)4(12)13/h3H,2H2,1H3. The molecule has 0 saturated heterocycles. The number of rotatable bonds is 8. The van der Waals surface area contributed by atoms with E-state index >= 15 is 0 Å². The molecule has 0 aliphatic rings. The maximum atomic E-state index is 13.0. The van der Waals surface area contributed by atoms with Crippen molar-refractivity contribution in [3.63, 3.8) is 0 Å². The van der Waals surface area contributed by atoms with E-state index in [0.717, 1.165) is 0 Å². The largest absolute Gasteiger partial charge is 0.385 e. The fourth-order valence-corrected chi connectivity index (χ4v) is 1.37. The number of alkyl halides is 13. The van der Waals surface area contributed by atoms with E-state index in [1.165, 1.54) is 0 Å². The first kappa shape index (κ1) is 23.9. The Morgan fingerprint density at radius 3 is 1.24 bits per heavy atom. The van der Waals surface area contributed by atoms with Crippen LogP contribution in [0, 0.1) is 6.43 Å². The predicted octanol–water partition coefficient (Wildman–Crippen LogP) is 5.97. The van der Waals surface area contributed by atoms with Crippen LogP contribution in [0.3, 0.4) is 0 Å². The Bertz CT molecular complexity index is 465. The van der Waals surface area contributed by atoms with Gasteiger partial charge in [0.1, 0.15) is 0 Å². The van der Waals surface area contributed by atoms with Gasteiger partial charge in [0.15, 0.2) is 6.17 Å². The van der Waals surface area contributed by atoms with Crippen molar-refractivity contribution in [2.75, 3.05) is 0 Å². The van der Waals surface area contributed by atoms with E-state index in [4.69, 9.17) is 0 Å². The smallest absolute Gasteiger partial charge is 0.241 e. The molecule has 0 spiro atoms. The number of halogens is 15. The van der Waals surface area contributed by atoms with Crippen LogP contribution in [0.15, 0.2) is 0 Å².